The molecule has 6 heteroatoms. The van der Waals surface area contributed by atoms with E-state index in [0.717, 1.165) is 37.7 Å². The summed E-state index contributed by atoms with van der Waals surface area (Å²) in [5.74, 6) is 0.308. The molecule has 0 aromatic heterocycles. The van der Waals surface area contributed by atoms with Gasteiger partial charge in [0.05, 0.1) is 4.90 Å². The average Bonchev–Trinajstić information content (AvgIpc) is 2.84. The van der Waals surface area contributed by atoms with Gasteiger partial charge in [-0.25, -0.2) is 8.42 Å². The number of hydrogen-bond donors (Lipinski definition) is 1. The van der Waals surface area contributed by atoms with E-state index in [1.54, 1.807) is 16.4 Å². The summed E-state index contributed by atoms with van der Waals surface area (Å²) in [5, 5.41) is 2.89. The lowest BCUT2D eigenvalue weighted by Crippen LogP contribution is -2.32. The van der Waals surface area contributed by atoms with Gasteiger partial charge in [-0.05, 0) is 49.8 Å². The van der Waals surface area contributed by atoms with E-state index in [1.165, 1.54) is 6.07 Å². The van der Waals surface area contributed by atoms with Crippen LogP contribution in [0.3, 0.4) is 0 Å². The van der Waals surface area contributed by atoms with Gasteiger partial charge in [0.25, 0.3) is 5.91 Å². The van der Waals surface area contributed by atoms with Crippen LogP contribution < -0.4 is 5.32 Å². The Kier molecular flexibility index (Phi) is 7.02. The van der Waals surface area contributed by atoms with Crippen LogP contribution in [0.1, 0.15) is 61.9 Å². The molecule has 1 heterocycles. The van der Waals surface area contributed by atoms with Crippen LogP contribution in [0.4, 0.5) is 0 Å². The van der Waals surface area contributed by atoms with E-state index in [0.29, 0.717) is 31.1 Å². The van der Waals surface area contributed by atoms with Crippen LogP contribution in [-0.2, 0) is 10.0 Å². The van der Waals surface area contributed by atoms with Gasteiger partial charge in [-0.15, -0.1) is 0 Å². The Hall–Kier alpha value is -1.40. The van der Waals surface area contributed by atoms with Gasteiger partial charge in [-0.2, -0.15) is 4.31 Å². The third-order valence-corrected chi connectivity index (χ3v) is 6.56. The standard InChI is InChI=1S/C19H30N2O3S/c1-15(2)10-11-20-19(22)18-14-17(9-8-16(18)3)25(23,24)21-12-6-4-5-7-13-21/h8-9,14-15H,4-7,10-13H2,1-3H3,(H,20,22). The lowest BCUT2D eigenvalue weighted by molar-refractivity contribution is 0.0951. The SMILES string of the molecule is Cc1ccc(S(=O)(=O)N2CCCCCC2)cc1C(=O)NCCC(C)C. The Labute approximate surface area is 151 Å². The maximum absolute atomic E-state index is 12.9. The fraction of sp³-hybridized carbons (Fsp3) is 0.632. The van der Waals surface area contributed by atoms with Crippen LogP contribution >= 0.6 is 0 Å². The Morgan fingerprint density at radius 2 is 1.80 bits per heavy atom. The number of nitrogens with one attached hydrogen (secondary N) is 1. The minimum absolute atomic E-state index is 0.203. The van der Waals surface area contributed by atoms with E-state index >= 15 is 0 Å². The van der Waals surface area contributed by atoms with Crippen LogP contribution in [0.2, 0.25) is 0 Å². The van der Waals surface area contributed by atoms with E-state index in [-0.39, 0.29) is 10.8 Å². The van der Waals surface area contributed by atoms with Crippen LogP contribution in [0.5, 0.6) is 0 Å². The predicted octanol–water partition coefficient (Wildman–Crippen LogP) is 3.34. The Balaban J connectivity index is 2.20. The van der Waals surface area contributed by atoms with Crippen molar-refractivity contribution < 1.29 is 13.2 Å². The van der Waals surface area contributed by atoms with Crippen molar-refractivity contribution in [3.05, 3.63) is 29.3 Å². The molecular formula is C19H30N2O3S. The Morgan fingerprint density at radius 1 is 1.16 bits per heavy atom. The molecule has 2 rings (SSSR count). The number of amides is 1. The van der Waals surface area contributed by atoms with Gasteiger partial charge >= 0.3 is 0 Å². The molecule has 1 N–H and O–H groups in total. The summed E-state index contributed by atoms with van der Waals surface area (Å²) in [6.45, 7) is 7.76. The molecule has 1 saturated heterocycles. The normalized spacial score (nSPS) is 16.6. The lowest BCUT2D eigenvalue weighted by atomic mass is 10.1. The molecule has 1 fully saturated rings. The third kappa shape index (κ3) is 5.28. The monoisotopic (exact) mass is 366 g/mol. The maximum atomic E-state index is 12.9. The van der Waals surface area contributed by atoms with Crippen molar-refractivity contribution in [2.75, 3.05) is 19.6 Å². The van der Waals surface area contributed by atoms with Crippen molar-refractivity contribution in [3.8, 4) is 0 Å². The van der Waals surface area contributed by atoms with Gasteiger partial charge < -0.3 is 5.32 Å². The largest absolute Gasteiger partial charge is 0.352 e. The van der Waals surface area contributed by atoms with Crippen molar-refractivity contribution in [3.63, 3.8) is 0 Å². The molecule has 1 aromatic rings. The Bertz CT molecular complexity index is 691. The van der Waals surface area contributed by atoms with E-state index in [9.17, 15) is 13.2 Å². The highest BCUT2D eigenvalue weighted by molar-refractivity contribution is 7.89. The molecular weight excluding hydrogens is 336 g/mol. The van der Waals surface area contributed by atoms with E-state index in [2.05, 4.69) is 19.2 Å². The van der Waals surface area contributed by atoms with Crippen molar-refractivity contribution in [2.45, 2.75) is 57.8 Å². The summed E-state index contributed by atoms with van der Waals surface area (Å²) in [4.78, 5) is 12.7. The maximum Gasteiger partial charge on any atom is 0.251 e. The summed E-state index contributed by atoms with van der Waals surface area (Å²) < 4.78 is 27.4. The lowest BCUT2D eigenvalue weighted by Gasteiger charge is -2.20. The number of carbonyl (C=O) groups is 1. The predicted molar refractivity (Wildman–Crippen MR) is 100 cm³/mol. The van der Waals surface area contributed by atoms with Gasteiger partial charge in [-0.1, -0.05) is 32.8 Å². The molecule has 0 saturated carbocycles. The third-order valence-electron chi connectivity index (χ3n) is 4.66. The van der Waals surface area contributed by atoms with Gasteiger partial charge in [0.1, 0.15) is 0 Å². The average molecular weight is 367 g/mol. The molecule has 0 spiro atoms. The highest BCUT2D eigenvalue weighted by Gasteiger charge is 2.26. The minimum Gasteiger partial charge on any atom is -0.352 e. The number of aryl methyl sites for hydroxylation is 1. The molecule has 0 atom stereocenters. The first-order valence-electron chi connectivity index (χ1n) is 9.21. The van der Waals surface area contributed by atoms with E-state index in [1.807, 2.05) is 6.92 Å². The summed E-state index contributed by atoms with van der Waals surface area (Å²) in [7, 11) is -3.54. The van der Waals surface area contributed by atoms with Gasteiger partial charge in [0.15, 0.2) is 0 Å². The molecule has 140 valence electrons. The Morgan fingerprint density at radius 3 is 2.40 bits per heavy atom. The fourth-order valence-corrected chi connectivity index (χ4v) is 4.55. The molecule has 1 amide bonds. The second kappa shape index (κ2) is 8.81. The molecule has 25 heavy (non-hydrogen) atoms. The molecule has 1 aliphatic rings. The van der Waals surface area contributed by atoms with E-state index in [4.69, 9.17) is 0 Å². The fourth-order valence-electron chi connectivity index (χ4n) is 3.01. The molecule has 1 aliphatic heterocycles. The summed E-state index contributed by atoms with van der Waals surface area (Å²) in [6.07, 6.45) is 4.84. The van der Waals surface area contributed by atoms with Crippen molar-refractivity contribution in [2.24, 2.45) is 5.92 Å². The highest BCUT2D eigenvalue weighted by Crippen LogP contribution is 2.22. The topological polar surface area (TPSA) is 66.5 Å². The van der Waals surface area contributed by atoms with Gasteiger partial charge in [-0.3, -0.25) is 4.79 Å². The summed E-state index contributed by atoms with van der Waals surface area (Å²) in [5.41, 5.74) is 1.23. The van der Waals surface area contributed by atoms with Crippen LogP contribution in [0.25, 0.3) is 0 Å². The number of carbonyl (C=O) groups excluding carboxylic acids is 1. The smallest absolute Gasteiger partial charge is 0.251 e. The number of nitrogens with zero attached hydrogens (tertiary/aromatic N) is 1. The molecule has 5 nitrogen and oxygen atoms in total. The molecule has 1 aromatic carbocycles. The summed E-state index contributed by atoms with van der Waals surface area (Å²) >= 11 is 0. The summed E-state index contributed by atoms with van der Waals surface area (Å²) in [6, 6.07) is 4.86. The molecule has 0 unspecified atom stereocenters. The zero-order chi connectivity index (χ0) is 18.4. The highest BCUT2D eigenvalue weighted by atomic mass is 32.2. The number of benzene rings is 1. The first-order chi connectivity index (χ1) is 11.8. The number of rotatable bonds is 6. The van der Waals surface area contributed by atoms with Crippen LogP contribution in [-0.4, -0.2) is 38.3 Å². The zero-order valence-electron chi connectivity index (χ0n) is 15.5. The van der Waals surface area contributed by atoms with Crippen molar-refractivity contribution >= 4 is 15.9 Å². The van der Waals surface area contributed by atoms with Gasteiger partial charge in [0, 0.05) is 25.2 Å². The first-order valence-corrected chi connectivity index (χ1v) is 10.7. The minimum atomic E-state index is -3.54. The van der Waals surface area contributed by atoms with Crippen LogP contribution in [0.15, 0.2) is 23.1 Å². The second-order valence-corrected chi connectivity index (χ2v) is 9.17. The van der Waals surface area contributed by atoms with Crippen molar-refractivity contribution in [1.29, 1.82) is 0 Å². The number of sulfonamides is 1. The zero-order valence-corrected chi connectivity index (χ0v) is 16.4. The number of hydrogen-bond acceptors (Lipinski definition) is 3. The van der Waals surface area contributed by atoms with Crippen LogP contribution in [0, 0.1) is 12.8 Å². The van der Waals surface area contributed by atoms with E-state index < -0.39 is 10.0 Å². The van der Waals surface area contributed by atoms with Gasteiger partial charge in [0.2, 0.25) is 10.0 Å². The van der Waals surface area contributed by atoms with Crippen molar-refractivity contribution in [1.82, 2.24) is 9.62 Å². The molecule has 0 aliphatic carbocycles. The second-order valence-electron chi connectivity index (χ2n) is 7.23. The molecule has 0 bridgehead atoms. The first kappa shape index (κ1) is 19.9. The molecule has 0 radical (unpaired) electrons. The quantitative estimate of drug-likeness (QED) is 0.840.